The molecule has 0 saturated carbocycles. The average Bonchev–Trinajstić information content (AvgIpc) is 2.54. The molecule has 0 spiro atoms. The molecule has 0 amide bonds. The first-order valence-electron chi connectivity index (χ1n) is 4.15. The lowest BCUT2D eigenvalue weighted by atomic mass is 10.2. The van der Waals surface area contributed by atoms with Gasteiger partial charge in [-0.1, -0.05) is 0 Å². The fraction of sp³-hybridized carbons (Fsp3) is 0.444. The molecule has 0 aromatic carbocycles. The number of aromatic nitrogens is 1. The second-order valence-electron chi connectivity index (χ2n) is 3.02. The van der Waals surface area contributed by atoms with E-state index in [9.17, 15) is 0 Å². The number of ether oxygens (including phenoxy) is 1. The van der Waals surface area contributed by atoms with Crippen molar-refractivity contribution in [3.63, 3.8) is 0 Å². The Morgan fingerprint density at radius 1 is 1.50 bits per heavy atom. The van der Waals surface area contributed by atoms with Gasteiger partial charge in [-0.15, -0.1) is 0 Å². The van der Waals surface area contributed by atoms with Crippen LogP contribution in [0.1, 0.15) is 18.7 Å². The quantitative estimate of drug-likeness (QED) is 0.674. The van der Waals surface area contributed by atoms with E-state index in [0.717, 1.165) is 12.1 Å². The number of nitrogens with one attached hydrogen (secondary N) is 1. The van der Waals surface area contributed by atoms with Gasteiger partial charge in [0.15, 0.2) is 0 Å². The van der Waals surface area contributed by atoms with Gasteiger partial charge in [0.05, 0.1) is 6.10 Å². The molecule has 12 heavy (non-hydrogen) atoms. The minimum atomic E-state index is 0.0583. The highest BCUT2D eigenvalue weighted by Crippen LogP contribution is 2.19. The molecule has 2 unspecified atom stereocenters. The monoisotopic (exact) mass is 164 g/mol. The summed E-state index contributed by atoms with van der Waals surface area (Å²) in [5, 5.41) is 3.27. The molecule has 3 heteroatoms. The van der Waals surface area contributed by atoms with Crippen LogP contribution in [0.4, 0.5) is 0 Å². The van der Waals surface area contributed by atoms with Gasteiger partial charge < -0.3 is 4.74 Å². The third-order valence-electron chi connectivity index (χ3n) is 1.97. The molecular formula is C9H12N2O. The summed E-state index contributed by atoms with van der Waals surface area (Å²) in [4.78, 5) is 3.95. The Morgan fingerprint density at radius 2 is 2.25 bits per heavy atom. The molecular weight excluding hydrogens is 152 g/mol. The van der Waals surface area contributed by atoms with Crippen LogP contribution >= 0.6 is 0 Å². The second kappa shape index (κ2) is 3.21. The Labute approximate surface area is 71.8 Å². The van der Waals surface area contributed by atoms with Gasteiger partial charge in [0.1, 0.15) is 6.23 Å². The van der Waals surface area contributed by atoms with Crippen molar-refractivity contribution in [2.75, 3.05) is 6.54 Å². The predicted molar refractivity (Wildman–Crippen MR) is 45.5 cm³/mol. The number of hydrogen-bond acceptors (Lipinski definition) is 3. The molecule has 3 nitrogen and oxygen atoms in total. The Balaban J connectivity index is 2.11. The van der Waals surface area contributed by atoms with E-state index >= 15 is 0 Å². The van der Waals surface area contributed by atoms with E-state index in [1.807, 2.05) is 12.1 Å². The minimum Gasteiger partial charge on any atom is -0.355 e. The smallest absolute Gasteiger partial charge is 0.134 e. The van der Waals surface area contributed by atoms with Crippen molar-refractivity contribution in [3.05, 3.63) is 30.1 Å². The number of rotatable bonds is 1. The van der Waals surface area contributed by atoms with Gasteiger partial charge in [-0.05, 0) is 24.6 Å². The van der Waals surface area contributed by atoms with E-state index in [2.05, 4.69) is 17.2 Å². The number of pyridine rings is 1. The van der Waals surface area contributed by atoms with Crippen LogP contribution in [0.3, 0.4) is 0 Å². The lowest BCUT2D eigenvalue weighted by Gasteiger charge is -2.09. The van der Waals surface area contributed by atoms with Crippen molar-refractivity contribution in [2.24, 2.45) is 0 Å². The lowest BCUT2D eigenvalue weighted by molar-refractivity contribution is 0.0510. The summed E-state index contributed by atoms with van der Waals surface area (Å²) < 4.78 is 5.61. The van der Waals surface area contributed by atoms with Crippen LogP contribution in [0.15, 0.2) is 24.5 Å². The van der Waals surface area contributed by atoms with Crippen LogP contribution in [0.5, 0.6) is 0 Å². The highest BCUT2D eigenvalue weighted by Gasteiger charge is 2.21. The van der Waals surface area contributed by atoms with E-state index in [1.165, 1.54) is 0 Å². The van der Waals surface area contributed by atoms with Crippen LogP contribution in [-0.2, 0) is 4.74 Å². The highest BCUT2D eigenvalue weighted by atomic mass is 16.5. The first-order chi connectivity index (χ1) is 5.86. The van der Waals surface area contributed by atoms with Crippen LogP contribution < -0.4 is 5.32 Å². The van der Waals surface area contributed by atoms with Gasteiger partial charge in [-0.2, -0.15) is 0 Å². The van der Waals surface area contributed by atoms with Crippen molar-refractivity contribution < 1.29 is 4.74 Å². The van der Waals surface area contributed by atoms with Crippen LogP contribution in [0.25, 0.3) is 0 Å². The molecule has 1 aromatic rings. The number of hydrogen-bond donors (Lipinski definition) is 1. The molecule has 1 N–H and O–H groups in total. The molecule has 1 aliphatic heterocycles. The molecule has 0 bridgehead atoms. The molecule has 64 valence electrons. The fourth-order valence-electron chi connectivity index (χ4n) is 1.34. The molecule has 2 rings (SSSR count). The molecule has 0 aliphatic carbocycles. The Morgan fingerprint density at radius 3 is 2.83 bits per heavy atom. The number of nitrogens with zero attached hydrogens (tertiary/aromatic N) is 1. The van der Waals surface area contributed by atoms with Crippen LogP contribution in [0.2, 0.25) is 0 Å². The van der Waals surface area contributed by atoms with E-state index < -0.39 is 0 Å². The predicted octanol–water partition coefficient (Wildman–Crippen LogP) is 1.09. The zero-order valence-electron chi connectivity index (χ0n) is 7.03. The van der Waals surface area contributed by atoms with Gasteiger partial charge in [-0.25, -0.2) is 0 Å². The van der Waals surface area contributed by atoms with Gasteiger partial charge in [-0.3, -0.25) is 10.3 Å². The zero-order chi connectivity index (χ0) is 8.39. The van der Waals surface area contributed by atoms with Crippen molar-refractivity contribution >= 4 is 0 Å². The normalized spacial score (nSPS) is 29.1. The molecule has 1 aromatic heterocycles. The van der Waals surface area contributed by atoms with Gasteiger partial charge in [0.2, 0.25) is 0 Å². The Kier molecular flexibility index (Phi) is 2.06. The van der Waals surface area contributed by atoms with E-state index in [4.69, 9.17) is 4.74 Å². The van der Waals surface area contributed by atoms with Gasteiger partial charge in [0.25, 0.3) is 0 Å². The summed E-state index contributed by atoms with van der Waals surface area (Å²) in [6.45, 7) is 2.99. The van der Waals surface area contributed by atoms with Crippen LogP contribution in [-0.4, -0.2) is 17.6 Å². The fourth-order valence-corrected chi connectivity index (χ4v) is 1.34. The largest absolute Gasteiger partial charge is 0.355 e. The average molecular weight is 164 g/mol. The van der Waals surface area contributed by atoms with Gasteiger partial charge >= 0.3 is 0 Å². The second-order valence-corrected chi connectivity index (χ2v) is 3.02. The maximum Gasteiger partial charge on any atom is 0.134 e. The molecule has 1 saturated heterocycles. The first-order valence-corrected chi connectivity index (χ1v) is 4.15. The summed E-state index contributed by atoms with van der Waals surface area (Å²) in [6, 6.07) is 3.94. The van der Waals surface area contributed by atoms with Crippen molar-refractivity contribution in [3.8, 4) is 0 Å². The maximum absolute atomic E-state index is 5.61. The van der Waals surface area contributed by atoms with Crippen molar-refractivity contribution in [2.45, 2.75) is 19.3 Å². The summed E-state index contributed by atoms with van der Waals surface area (Å²) in [5.41, 5.74) is 1.15. The molecule has 2 atom stereocenters. The maximum atomic E-state index is 5.61. The third kappa shape index (κ3) is 1.47. The summed E-state index contributed by atoms with van der Waals surface area (Å²) >= 11 is 0. The molecule has 0 radical (unpaired) electrons. The van der Waals surface area contributed by atoms with Crippen molar-refractivity contribution in [1.82, 2.24) is 10.3 Å². The summed E-state index contributed by atoms with van der Waals surface area (Å²) in [5.74, 6) is 0. The minimum absolute atomic E-state index is 0.0583. The Bertz CT molecular complexity index is 250. The molecule has 2 heterocycles. The zero-order valence-corrected chi connectivity index (χ0v) is 7.03. The van der Waals surface area contributed by atoms with Crippen molar-refractivity contribution in [1.29, 1.82) is 0 Å². The van der Waals surface area contributed by atoms with E-state index in [0.29, 0.717) is 6.10 Å². The summed E-state index contributed by atoms with van der Waals surface area (Å²) in [7, 11) is 0. The van der Waals surface area contributed by atoms with Crippen LogP contribution in [0, 0.1) is 0 Å². The SMILES string of the molecule is CC1CNC(c2ccncc2)O1. The molecule has 1 fully saturated rings. The lowest BCUT2D eigenvalue weighted by Crippen LogP contribution is -2.14. The highest BCUT2D eigenvalue weighted by molar-refractivity contribution is 5.13. The first kappa shape index (κ1) is 7.71. The Hall–Kier alpha value is -0.930. The standard InChI is InChI=1S/C9H12N2O/c1-7-6-11-9(12-7)8-2-4-10-5-3-8/h2-5,7,9,11H,6H2,1H3. The third-order valence-corrected chi connectivity index (χ3v) is 1.97. The van der Waals surface area contributed by atoms with E-state index in [1.54, 1.807) is 12.4 Å². The van der Waals surface area contributed by atoms with E-state index in [-0.39, 0.29) is 6.23 Å². The topological polar surface area (TPSA) is 34.2 Å². The summed E-state index contributed by atoms with van der Waals surface area (Å²) in [6.07, 6.45) is 3.93. The van der Waals surface area contributed by atoms with Gasteiger partial charge in [0, 0.05) is 18.9 Å². The molecule has 1 aliphatic rings.